The molecule has 0 bridgehead atoms. The fourth-order valence-electron chi connectivity index (χ4n) is 1.59. The number of nitrogens with one attached hydrogen (secondary N) is 1. The Morgan fingerprint density at radius 3 is 2.37 bits per heavy atom. The first kappa shape index (κ1) is 15.5. The van der Waals surface area contributed by atoms with Crippen LogP contribution in [0.25, 0.3) is 0 Å². The molecule has 0 heterocycles. The van der Waals surface area contributed by atoms with Crippen LogP contribution in [0.15, 0.2) is 29.2 Å². The zero-order chi connectivity index (χ0) is 14.7. The summed E-state index contributed by atoms with van der Waals surface area (Å²) in [5, 5.41) is 12.1. The molecule has 0 spiro atoms. The maximum atomic E-state index is 12.0. The fourth-order valence-corrected chi connectivity index (χ4v) is 2.64. The second-order valence-corrected chi connectivity index (χ2v) is 6.76. The summed E-state index contributed by atoms with van der Waals surface area (Å²) in [6.07, 6.45) is 0.336. The molecule has 0 saturated carbocycles. The van der Waals surface area contributed by atoms with Gasteiger partial charge >= 0.3 is 5.97 Å². The van der Waals surface area contributed by atoms with Crippen LogP contribution in [-0.2, 0) is 14.6 Å². The molecule has 19 heavy (non-hydrogen) atoms. The molecule has 106 valence electrons. The predicted molar refractivity (Wildman–Crippen MR) is 74.1 cm³/mol. The van der Waals surface area contributed by atoms with Crippen LogP contribution in [0.3, 0.4) is 0 Å². The lowest BCUT2D eigenvalue weighted by Crippen LogP contribution is -2.43. The number of para-hydroxylation sites is 1. The van der Waals surface area contributed by atoms with Gasteiger partial charge in [0.15, 0.2) is 9.84 Å². The Labute approximate surface area is 113 Å². The Bertz CT molecular complexity index is 568. The minimum Gasteiger partial charge on any atom is -0.480 e. The first-order valence-corrected chi connectivity index (χ1v) is 7.75. The molecule has 0 amide bonds. The normalized spacial score (nSPS) is 14.7. The Balaban J connectivity index is 3.27. The lowest BCUT2D eigenvalue weighted by Gasteiger charge is -2.27. The van der Waals surface area contributed by atoms with E-state index in [9.17, 15) is 18.3 Å². The molecule has 0 fully saturated rings. The van der Waals surface area contributed by atoms with Gasteiger partial charge in [-0.05, 0) is 25.5 Å². The fraction of sp³-hybridized carbons (Fsp3) is 0.462. The second kappa shape index (κ2) is 5.61. The van der Waals surface area contributed by atoms with Crippen molar-refractivity contribution in [2.45, 2.75) is 37.6 Å². The van der Waals surface area contributed by atoms with E-state index in [1.54, 1.807) is 32.0 Å². The Hall–Kier alpha value is -1.56. The molecule has 0 aromatic heterocycles. The van der Waals surface area contributed by atoms with E-state index < -0.39 is 21.3 Å². The van der Waals surface area contributed by atoms with Crippen molar-refractivity contribution in [3.63, 3.8) is 0 Å². The van der Waals surface area contributed by atoms with Crippen LogP contribution in [0.4, 0.5) is 5.69 Å². The first-order chi connectivity index (χ1) is 8.77. The van der Waals surface area contributed by atoms with Gasteiger partial charge < -0.3 is 10.4 Å². The third-order valence-electron chi connectivity index (χ3n) is 3.19. The molecule has 1 rings (SSSR count). The molecular weight excluding hydrogens is 266 g/mol. The number of sulfone groups is 1. The standard InChI is InChI=1S/C13H19NO4S/c1-4-13(3,12(15)16)14-10-8-6-7-9-11(10)19(17,18)5-2/h6-9,14H,4-5H2,1-3H3,(H,15,16). The second-order valence-electron chi connectivity index (χ2n) is 4.52. The van der Waals surface area contributed by atoms with Gasteiger partial charge in [0.1, 0.15) is 5.54 Å². The van der Waals surface area contributed by atoms with Gasteiger partial charge in [0.25, 0.3) is 0 Å². The highest BCUT2D eigenvalue weighted by molar-refractivity contribution is 7.91. The van der Waals surface area contributed by atoms with Crippen molar-refractivity contribution in [1.29, 1.82) is 0 Å². The molecule has 1 aromatic rings. The van der Waals surface area contributed by atoms with E-state index in [1.165, 1.54) is 13.0 Å². The summed E-state index contributed by atoms with van der Waals surface area (Å²) < 4.78 is 24.0. The highest BCUT2D eigenvalue weighted by Crippen LogP contribution is 2.26. The SMILES string of the molecule is CCC(C)(Nc1ccccc1S(=O)(=O)CC)C(=O)O. The van der Waals surface area contributed by atoms with Crippen LogP contribution in [0.1, 0.15) is 27.2 Å². The van der Waals surface area contributed by atoms with Crippen LogP contribution in [0.5, 0.6) is 0 Å². The molecule has 0 radical (unpaired) electrons. The third kappa shape index (κ3) is 3.26. The van der Waals surface area contributed by atoms with Crippen molar-refractivity contribution in [1.82, 2.24) is 0 Å². The lowest BCUT2D eigenvalue weighted by molar-refractivity contribution is -0.141. The van der Waals surface area contributed by atoms with E-state index in [2.05, 4.69) is 5.32 Å². The number of carboxylic acid groups (broad SMARTS) is 1. The number of aliphatic carboxylic acids is 1. The number of rotatable bonds is 6. The summed E-state index contributed by atoms with van der Waals surface area (Å²) in [7, 11) is -3.39. The Morgan fingerprint density at radius 1 is 1.32 bits per heavy atom. The monoisotopic (exact) mass is 285 g/mol. The van der Waals surface area contributed by atoms with Gasteiger partial charge in [0.2, 0.25) is 0 Å². The highest BCUT2D eigenvalue weighted by Gasteiger charge is 2.32. The van der Waals surface area contributed by atoms with Crippen molar-refractivity contribution in [2.75, 3.05) is 11.1 Å². The molecular formula is C13H19NO4S. The molecule has 5 nitrogen and oxygen atoms in total. The van der Waals surface area contributed by atoms with E-state index in [-0.39, 0.29) is 10.6 Å². The predicted octanol–water partition coefficient (Wildman–Crippen LogP) is 2.15. The van der Waals surface area contributed by atoms with Crippen LogP contribution >= 0.6 is 0 Å². The molecule has 0 saturated heterocycles. The number of hydrogen-bond acceptors (Lipinski definition) is 4. The Morgan fingerprint density at radius 2 is 1.89 bits per heavy atom. The van der Waals surface area contributed by atoms with Crippen molar-refractivity contribution < 1.29 is 18.3 Å². The first-order valence-electron chi connectivity index (χ1n) is 6.10. The number of carboxylic acids is 1. The van der Waals surface area contributed by atoms with E-state index >= 15 is 0 Å². The third-order valence-corrected chi connectivity index (χ3v) is 4.98. The van der Waals surface area contributed by atoms with E-state index in [0.29, 0.717) is 12.1 Å². The van der Waals surface area contributed by atoms with Crippen LogP contribution < -0.4 is 5.32 Å². The van der Waals surface area contributed by atoms with Crippen molar-refractivity contribution in [2.24, 2.45) is 0 Å². The molecule has 6 heteroatoms. The maximum absolute atomic E-state index is 12.0. The number of hydrogen-bond donors (Lipinski definition) is 2. The van der Waals surface area contributed by atoms with Crippen LogP contribution in [0, 0.1) is 0 Å². The summed E-state index contributed by atoms with van der Waals surface area (Å²) in [6.45, 7) is 4.82. The number of anilines is 1. The highest BCUT2D eigenvalue weighted by atomic mass is 32.2. The number of carbonyl (C=O) groups is 1. The smallest absolute Gasteiger partial charge is 0.329 e. The average molecular weight is 285 g/mol. The summed E-state index contributed by atoms with van der Waals surface area (Å²) in [6, 6.07) is 6.37. The Kier molecular flexibility index (Phi) is 4.57. The molecule has 0 aliphatic carbocycles. The molecule has 1 unspecified atom stereocenters. The van der Waals surface area contributed by atoms with Gasteiger partial charge in [0.05, 0.1) is 16.3 Å². The van der Waals surface area contributed by atoms with Crippen LogP contribution in [-0.4, -0.2) is 30.8 Å². The van der Waals surface area contributed by atoms with E-state index in [4.69, 9.17) is 0 Å². The minimum absolute atomic E-state index is 0.0262. The van der Waals surface area contributed by atoms with Gasteiger partial charge in [0, 0.05) is 0 Å². The minimum atomic E-state index is -3.39. The molecule has 0 aliphatic heterocycles. The summed E-state index contributed by atoms with van der Waals surface area (Å²) >= 11 is 0. The van der Waals surface area contributed by atoms with Crippen molar-refractivity contribution >= 4 is 21.5 Å². The zero-order valence-electron chi connectivity index (χ0n) is 11.3. The summed E-state index contributed by atoms with van der Waals surface area (Å²) in [5.41, 5.74) is -0.865. The van der Waals surface area contributed by atoms with Gasteiger partial charge in [-0.15, -0.1) is 0 Å². The molecule has 1 atom stereocenters. The molecule has 2 N–H and O–H groups in total. The van der Waals surface area contributed by atoms with Gasteiger partial charge in [-0.3, -0.25) is 0 Å². The van der Waals surface area contributed by atoms with Gasteiger partial charge in [-0.2, -0.15) is 0 Å². The average Bonchev–Trinajstić information content (AvgIpc) is 2.38. The van der Waals surface area contributed by atoms with Crippen molar-refractivity contribution in [3.8, 4) is 0 Å². The van der Waals surface area contributed by atoms with E-state index in [0.717, 1.165) is 0 Å². The zero-order valence-corrected chi connectivity index (χ0v) is 12.1. The summed E-state index contributed by atoms with van der Waals surface area (Å²) in [5.74, 6) is -1.04. The molecule has 1 aromatic carbocycles. The molecule has 0 aliphatic rings. The van der Waals surface area contributed by atoms with Crippen LogP contribution in [0.2, 0.25) is 0 Å². The quantitative estimate of drug-likeness (QED) is 0.836. The van der Waals surface area contributed by atoms with Crippen molar-refractivity contribution in [3.05, 3.63) is 24.3 Å². The summed E-state index contributed by atoms with van der Waals surface area (Å²) in [4.78, 5) is 11.4. The van der Waals surface area contributed by atoms with E-state index in [1.807, 2.05) is 0 Å². The lowest BCUT2D eigenvalue weighted by atomic mass is 9.99. The largest absolute Gasteiger partial charge is 0.480 e. The maximum Gasteiger partial charge on any atom is 0.329 e. The van der Waals surface area contributed by atoms with Gasteiger partial charge in [-0.25, -0.2) is 13.2 Å². The number of benzene rings is 1. The van der Waals surface area contributed by atoms with Gasteiger partial charge in [-0.1, -0.05) is 26.0 Å². The topological polar surface area (TPSA) is 83.5 Å².